The van der Waals surface area contributed by atoms with E-state index in [1.165, 1.54) is 32.1 Å². The molecule has 0 saturated carbocycles. The molecule has 0 aliphatic carbocycles. The summed E-state index contributed by atoms with van der Waals surface area (Å²) in [5.41, 5.74) is 2.10. The van der Waals surface area contributed by atoms with Gasteiger partial charge in [-0.25, -0.2) is 0 Å². The van der Waals surface area contributed by atoms with E-state index in [-0.39, 0.29) is 16.9 Å². The topological polar surface area (TPSA) is 115 Å². The highest BCUT2D eigenvalue weighted by molar-refractivity contribution is 8.00. The molecule has 0 aliphatic rings. The minimum Gasteiger partial charge on any atom is -0.494 e. The highest BCUT2D eigenvalue weighted by Gasteiger charge is 2.20. The Morgan fingerprint density at radius 1 is 0.804 bits per heavy atom. The van der Waals surface area contributed by atoms with E-state index in [0.29, 0.717) is 47.0 Å². The minimum atomic E-state index is -0.545. The number of nitrogens with one attached hydrogen (secondary N) is 3. The molecular weight excluding hydrogens is 602 g/mol. The van der Waals surface area contributed by atoms with E-state index in [1.54, 1.807) is 78.9 Å². The van der Waals surface area contributed by atoms with Crippen LogP contribution < -0.4 is 30.2 Å². The standard InChI is InChI=1S/C36H37N3O6S/c1-5-32(36(42)37-26-18-20-28(21-19-26)45-6-2)46-29-16-11-15-27(23-29)38-35(41)30(39-34(40)24-12-8-7-9-13-24)22-25-14-10-17-31(43-3)33(25)44-4/h7-23,32H,5-6H2,1-4H3,(H,37,42)(H,38,41)(H,39,40)/b30-22+. The van der Waals surface area contributed by atoms with Crippen molar-refractivity contribution in [3.05, 3.63) is 114 Å². The van der Waals surface area contributed by atoms with Crippen LogP contribution in [0.4, 0.5) is 11.4 Å². The Morgan fingerprint density at radius 3 is 2.22 bits per heavy atom. The first-order chi connectivity index (χ1) is 22.3. The van der Waals surface area contributed by atoms with Crippen LogP contribution in [-0.4, -0.2) is 43.8 Å². The maximum absolute atomic E-state index is 13.7. The van der Waals surface area contributed by atoms with Crippen LogP contribution in [0.2, 0.25) is 0 Å². The fourth-order valence-electron chi connectivity index (χ4n) is 4.48. The predicted molar refractivity (Wildman–Crippen MR) is 183 cm³/mol. The Balaban J connectivity index is 1.53. The van der Waals surface area contributed by atoms with Gasteiger partial charge in [-0.1, -0.05) is 43.3 Å². The second-order valence-electron chi connectivity index (χ2n) is 9.90. The largest absolute Gasteiger partial charge is 0.494 e. The molecule has 0 heterocycles. The number of hydrogen-bond donors (Lipinski definition) is 3. The van der Waals surface area contributed by atoms with E-state index in [4.69, 9.17) is 14.2 Å². The summed E-state index contributed by atoms with van der Waals surface area (Å²) in [6.07, 6.45) is 2.12. The zero-order chi connectivity index (χ0) is 32.9. The molecule has 9 nitrogen and oxygen atoms in total. The Bertz CT molecular complexity index is 1680. The summed E-state index contributed by atoms with van der Waals surface area (Å²) in [6.45, 7) is 4.43. The van der Waals surface area contributed by atoms with Crippen molar-refractivity contribution in [1.82, 2.24) is 5.32 Å². The number of carbonyl (C=O) groups excluding carboxylic acids is 3. The molecule has 0 saturated heterocycles. The molecule has 4 rings (SSSR count). The summed E-state index contributed by atoms with van der Waals surface area (Å²) in [5, 5.41) is 8.21. The number of hydrogen-bond acceptors (Lipinski definition) is 7. The van der Waals surface area contributed by atoms with Crippen molar-refractivity contribution in [3.63, 3.8) is 0 Å². The number of anilines is 2. The number of ether oxygens (including phenoxy) is 3. The summed E-state index contributed by atoms with van der Waals surface area (Å²) >= 11 is 1.39. The lowest BCUT2D eigenvalue weighted by Crippen LogP contribution is -2.30. The van der Waals surface area contributed by atoms with Gasteiger partial charge in [0, 0.05) is 27.4 Å². The van der Waals surface area contributed by atoms with Crippen LogP contribution in [-0.2, 0) is 9.59 Å². The van der Waals surface area contributed by atoms with Crippen molar-refractivity contribution in [2.24, 2.45) is 0 Å². The van der Waals surface area contributed by atoms with Gasteiger partial charge < -0.3 is 30.2 Å². The van der Waals surface area contributed by atoms with Crippen molar-refractivity contribution in [2.45, 2.75) is 30.4 Å². The van der Waals surface area contributed by atoms with Gasteiger partial charge in [0.25, 0.3) is 11.8 Å². The first-order valence-electron chi connectivity index (χ1n) is 14.8. The van der Waals surface area contributed by atoms with Gasteiger partial charge >= 0.3 is 0 Å². The second kappa shape index (κ2) is 16.7. The zero-order valence-corrected chi connectivity index (χ0v) is 27.0. The normalized spacial score (nSPS) is 11.6. The van der Waals surface area contributed by atoms with E-state index in [1.807, 2.05) is 32.0 Å². The molecule has 3 amide bonds. The summed E-state index contributed by atoms with van der Waals surface area (Å²) in [5.74, 6) is 0.506. The van der Waals surface area contributed by atoms with E-state index >= 15 is 0 Å². The van der Waals surface area contributed by atoms with Crippen LogP contribution in [0.5, 0.6) is 17.2 Å². The number of rotatable bonds is 14. The molecule has 0 aliphatic heterocycles. The number of benzene rings is 4. The predicted octanol–water partition coefficient (Wildman–Crippen LogP) is 7.02. The van der Waals surface area contributed by atoms with Crippen molar-refractivity contribution in [2.75, 3.05) is 31.5 Å². The molecule has 3 N–H and O–H groups in total. The molecule has 1 atom stereocenters. The molecule has 0 aromatic heterocycles. The Kier molecular flexibility index (Phi) is 12.3. The summed E-state index contributed by atoms with van der Waals surface area (Å²) < 4.78 is 16.4. The molecule has 10 heteroatoms. The van der Waals surface area contributed by atoms with E-state index in [2.05, 4.69) is 16.0 Å². The SMILES string of the molecule is CCOc1ccc(NC(=O)C(CC)Sc2cccc(NC(=O)/C(=C\c3cccc(OC)c3OC)NC(=O)c3ccccc3)c2)cc1. The molecule has 238 valence electrons. The number of thioether (sulfide) groups is 1. The zero-order valence-electron chi connectivity index (χ0n) is 26.2. The molecule has 0 spiro atoms. The van der Waals surface area contributed by atoms with Crippen LogP contribution >= 0.6 is 11.8 Å². The molecule has 4 aromatic carbocycles. The lowest BCUT2D eigenvalue weighted by molar-refractivity contribution is -0.116. The number of amides is 3. The van der Waals surface area contributed by atoms with Crippen molar-refractivity contribution in [1.29, 1.82) is 0 Å². The molecule has 0 bridgehead atoms. The van der Waals surface area contributed by atoms with Crippen LogP contribution in [0.1, 0.15) is 36.2 Å². The van der Waals surface area contributed by atoms with Gasteiger partial charge in [0.1, 0.15) is 11.4 Å². The quantitative estimate of drug-likeness (QED) is 0.100. The monoisotopic (exact) mass is 639 g/mol. The Labute approximate surface area is 273 Å². The average Bonchev–Trinajstić information content (AvgIpc) is 3.08. The van der Waals surface area contributed by atoms with Crippen molar-refractivity contribution in [3.8, 4) is 17.2 Å². The molecular formula is C36H37N3O6S. The Hall–Kier alpha value is -5.22. The maximum atomic E-state index is 13.7. The third-order valence-electron chi connectivity index (χ3n) is 6.73. The highest BCUT2D eigenvalue weighted by atomic mass is 32.2. The number of carbonyl (C=O) groups is 3. The van der Waals surface area contributed by atoms with Crippen LogP contribution in [0, 0.1) is 0 Å². The lowest BCUT2D eigenvalue weighted by Gasteiger charge is -2.16. The number of para-hydroxylation sites is 1. The molecule has 0 fully saturated rings. The van der Waals surface area contributed by atoms with Crippen molar-refractivity contribution < 1.29 is 28.6 Å². The molecule has 46 heavy (non-hydrogen) atoms. The highest BCUT2D eigenvalue weighted by Crippen LogP contribution is 2.33. The fraction of sp³-hybridized carbons (Fsp3) is 0.194. The summed E-state index contributed by atoms with van der Waals surface area (Å²) in [6, 6.07) is 28.3. The second-order valence-corrected chi connectivity index (χ2v) is 11.2. The smallest absolute Gasteiger partial charge is 0.272 e. The van der Waals surface area contributed by atoms with Crippen molar-refractivity contribution >= 4 is 46.9 Å². The van der Waals surface area contributed by atoms with Crippen LogP contribution in [0.15, 0.2) is 108 Å². The first kappa shape index (κ1) is 33.7. The van der Waals surface area contributed by atoms with Crippen LogP contribution in [0.25, 0.3) is 6.08 Å². The summed E-state index contributed by atoms with van der Waals surface area (Å²) in [7, 11) is 3.02. The van der Waals surface area contributed by atoms with E-state index in [9.17, 15) is 14.4 Å². The molecule has 0 radical (unpaired) electrons. The van der Waals surface area contributed by atoms with E-state index < -0.39 is 11.8 Å². The van der Waals surface area contributed by atoms with Crippen LogP contribution in [0.3, 0.4) is 0 Å². The van der Waals surface area contributed by atoms with E-state index in [0.717, 1.165) is 10.6 Å². The summed E-state index contributed by atoms with van der Waals surface area (Å²) in [4.78, 5) is 40.6. The Morgan fingerprint density at radius 2 is 1.54 bits per heavy atom. The maximum Gasteiger partial charge on any atom is 0.272 e. The van der Waals surface area contributed by atoms with Gasteiger partial charge in [0.15, 0.2) is 11.5 Å². The van der Waals surface area contributed by atoms with Gasteiger partial charge in [-0.05, 0) is 80.1 Å². The van der Waals surface area contributed by atoms with Gasteiger partial charge in [0.05, 0.1) is 26.1 Å². The average molecular weight is 640 g/mol. The lowest BCUT2D eigenvalue weighted by atomic mass is 10.1. The minimum absolute atomic E-state index is 0.000343. The van der Waals surface area contributed by atoms with Gasteiger partial charge in [-0.2, -0.15) is 0 Å². The third-order valence-corrected chi connectivity index (χ3v) is 8.09. The molecule has 1 unspecified atom stereocenters. The number of methoxy groups -OCH3 is 2. The molecule has 4 aromatic rings. The fourth-order valence-corrected chi connectivity index (χ4v) is 5.49. The van der Waals surface area contributed by atoms with Gasteiger partial charge in [-0.3, -0.25) is 14.4 Å². The van der Waals surface area contributed by atoms with Gasteiger partial charge in [0.2, 0.25) is 5.91 Å². The first-order valence-corrected chi connectivity index (χ1v) is 15.6. The third kappa shape index (κ3) is 9.15. The van der Waals surface area contributed by atoms with Gasteiger partial charge in [-0.15, -0.1) is 11.8 Å².